The molecule has 0 aliphatic heterocycles. The maximum atomic E-state index is 5.73. The van der Waals surface area contributed by atoms with Gasteiger partial charge in [0.15, 0.2) is 0 Å². The van der Waals surface area contributed by atoms with Crippen molar-refractivity contribution in [3.63, 3.8) is 0 Å². The maximum absolute atomic E-state index is 5.73. The summed E-state index contributed by atoms with van der Waals surface area (Å²) in [7, 11) is 1.96. The Balaban J connectivity index is 2.10. The highest BCUT2D eigenvalue weighted by Gasteiger charge is 2.03. The summed E-state index contributed by atoms with van der Waals surface area (Å²) in [4.78, 5) is 4.21. The lowest BCUT2D eigenvalue weighted by molar-refractivity contribution is 0.289. The molecule has 84 valence electrons. The van der Waals surface area contributed by atoms with Crippen LogP contribution in [0.15, 0.2) is 35.1 Å². The zero-order valence-electron chi connectivity index (χ0n) is 9.27. The van der Waals surface area contributed by atoms with Gasteiger partial charge in [-0.1, -0.05) is 22.0 Å². The second kappa shape index (κ2) is 4.70. The van der Waals surface area contributed by atoms with Crippen LogP contribution in [0.25, 0.3) is 0 Å². The van der Waals surface area contributed by atoms with Crippen molar-refractivity contribution in [3.8, 4) is 5.75 Å². The van der Waals surface area contributed by atoms with E-state index in [4.69, 9.17) is 4.74 Å². The summed E-state index contributed by atoms with van der Waals surface area (Å²) in [5, 5.41) is 0. The maximum Gasteiger partial charge on any atom is 0.146 e. The van der Waals surface area contributed by atoms with Crippen LogP contribution in [0.1, 0.15) is 11.4 Å². The summed E-state index contributed by atoms with van der Waals surface area (Å²) in [6, 6.07) is 6.00. The Labute approximate surface area is 103 Å². The largest absolute Gasteiger partial charge is 0.485 e. The number of benzene rings is 1. The highest BCUT2D eigenvalue weighted by molar-refractivity contribution is 9.10. The molecule has 16 heavy (non-hydrogen) atoms. The van der Waals surface area contributed by atoms with E-state index in [0.29, 0.717) is 6.61 Å². The van der Waals surface area contributed by atoms with Gasteiger partial charge < -0.3 is 9.30 Å². The fourth-order valence-electron chi connectivity index (χ4n) is 1.41. The highest BCUT2D eigenvalue weighted by Crippen LogP contribution is 2.23. The van der Waals surface area contributed by atoms with E-state index in [0.717, 1.165) is 21.6 Å². The van der Waals surface area contributed by atoms with Crippen molar-refractivity contribution < 1.29 is 4.74 Å². The molecule has 4 heteroatoms. The molecule has 0 atom stereocenters. The Bertz CT molecular complexity index is 494. The van der Waals surface area contributed by atoms with Crippen molar-refractivity contribution in [3.05, 3.63) is 46.5 Å². The lowest BCUT2D eigenvalue weighted by Crippen LogP contribution is -2.03. The first-order valence-electron chi connectivity index (χ1n) is 5.02. The van der Waals surface area contributed by atoms with Crippen LogP contribution in [0.2, 0.25) is 0 Å². The van der Waals surface area contributed by atoms with Crippen LogP contribution in [0, 0.1) is 6.92 Å². The minimum Gasteiger partial charge on any atom is -0.485 e. The molecular formula is C12H13BrN2O. The summed E-state index contributed by atoms with van der Waals surface area (Å²) < 4.78 is 8.70. The van der Waals surface area contributed by atoms with E-state index < -0.39 is 0 Å². The number of ether oxygens (including phenoxy) is 1. The molecule has 0 aliphatic rings. The van der Waals surface area contributed by atoms with E-state index >= 15 is 0 Å². The fraction of sp³-hybridized carbons (Fsp3) is 0.250. The van der Waals surface area contributed by atoms with Gasteiger partial charge in [-0.2, -0.15) is 0 Å². The van der Waals surface area contributed by atoms with Gasteiger partial charge in [-0.05, 0) is 24.6 Å². The third-order valence-electron chi connectivity index (χ3n) is 2.43. The normalized spacial score (nSPS) is 10.4. The molecule has 0 fully saturated rings. The predicted molar refractivity (Wildman–Crippen MR) is 66.4 cm³/mol. The second-order valence-electron chi connectivity index (χ2n) is 3.65. The molecule has 1 aromatic carbocycles. The molecule has 3 nitrogen and oxygen atoms in total. The number of aromatic nitrogens is 2. The van der Waals surface area contributed by atoms with Gasteiger partial charge in [0.05, 0.1) is 0 Å². The molecule has 2 aromatic rings. The van der Waals surface area contributed by atoms with E-state index in [9.17, 15) is 0 Å². The van der Waals surface area contributed by atoms with Gasteiger partial charge in [-0.15, -0.1) is 0 Å². The molecule has 0 aliphatic carbocycles. The Kier molecular flexibility index (Phi) is 3.29. The molecule has 0 amide bonds. The van der Waals surface area contributed by atoms with E-state index in [1.165, 1.54) is 0 Å². The van der Waals surface area contributed by atoms with Crippen LogP contribution >= 0.6 is 15.9 Å². The lowest BCUT2D eigenvalue weighted by Gasteiger charge is -2.09. The van der Waals surface area contributed by atoms with Gasteiger partial charge >= 0.3 is 0 Å². The zero-order chi connectivity index (χ0) is 11.5. The molecule has 1 aromatic heterocycles. The number of hydrogen-bond acceptors (Lipinski definition) is 2. The quantitative estimate of drug-likeness (QED) is 0.864. The van der Waals surface area contributed by atoms with Crippen LogP contribution < -0.4 is 4.74 Å². The van der Waals surface area contributed by atoms with Gasteiger partial charge in [0.25, 0.3) is 0 Å². The van der Waals surface area contributed by atoms with Crippen molar-refractivity contribution in [2.24, 2.45) is 7.05 Å². The van der Waals surface area contributed by atoms with Gasteiger partial charge in [0.1, 0.15) is 18.2 Å². The first kappa shape index (κ1) is 11.2. The number of halogens is 1. The summed E-state index contributed by atoms with van der Waals surface area (Å²) in [6.45, 7) is 2.51. The van der Waals surface area contributed by atoms with E-state index in [-0.39, 0.29) is 0 Å². The highest BCUT2D eigenvalue weighted by atomic mass is 79.9. The molecule has 0 bridgehead atoms. The SMILES string of the molecule is Cc1ccc(Br)cc1OCc1nccn1C. The van der Waals surface area contributed by atoms with Crippen molar-refractivity contribution in [1.29, 1.82) is 0 Å². The standard InChI is InChI=1S/C12H13BrN2O/c1-9-3-4-10(13)7-11(9)16-8-12-14-5-6-15(12)2/h3-7H,8H2,1-2H3. The molecule has 0 N–H and O–H groups in total. The average molecular weight is 281 g/mol. The van der Waals surface area contributed by atoms with E-state index in [1.807, 2.05) is 42.9 Å². The average Bonchev–Trinajstić information content (AvgIpc) is 2.66. The fourth-order valence-corrected chi connectivity index (χ4v) is 1.75. The molecule has 0 saturated heterocycles. The summed E-state index contributed by atoms with van der Waals surface area (Å²) >= 11 is 3.43. The first-order chi connectivity index (χ1) is 7.66. The van der Waals surface area contributed by atoms with Gasteiger partial charge in [0, 0.05) is 23.9 Å². The number of imidazole rings is 1. The van der Waals surface area contributed by atoms with Crippen LogP contribution in [-0.2, 0) is 13.7 Å². The van der Waals surface area contributed by atoms with E-state index in [2.05, 4.69) is 20.9 Å². The van der Waals surface area contributed by atoms with Crippen molar-refractivity contribution in [1.82, 2.24) is 9.55 Å². The van der Waals surface area contributed by atoms with Gasteiger partial charge in [0.2, 0.25) is 0 Å². The first-order valence-corrected chi connectivity index (χ1v) is 5.81. The minimum atomic E-state index is 0.487. The Morgan fingerprint density at radius 3 is 2.94 bits per heavy atom. The molecule has 0 unspecified atom stereocenters. The third-order valence-corrected chi connectivity index (χ3v) is 2.92. The Hall–Kier alpha value is -1.29. The lowest BCUT2D eigenvalue weighted by atomic mass is 10.2. The van der Waals surface area contributed by atoms with Crippen LogP contribution in [0.5, 0.6) is 5.75 Å². The van der Waals surface area contributed by atoms with Crippen LogP contribution in [0.3, 0.4) is 0 Å². The monoisotopic (exact) mass is 280 g/mol. The summed E-state index contributed by atoms with van der Waals surface area (Å²) in [5.41, 5.74) is 1.12. The topological polar surface area (TPSA) is 27.1 Å². The third kappa shape index (κ3) is 2.44. The van der Waals surface area contributed by atoms with Crippen LogP contribution in [-0.4, -0.2) is 9.55 Å². The number of aryl methyl sites for hydroxylation is 2. The molecule has 1 heterocycles. The van der Waals surface area contributed by atoms with E-state index in [1.54, 1.807) is 6.20 Å². The minimum absolute atomic E-state index is 0.487. The molecule has 2 rings (SSSR count). The summed E-state index contributed by atoms with van der Waals surface area (Å²) in [5.74, 6) is 1.80. The molecule has 0 radical (unpaired) electrons. The number of hydrogen-bond donors (Lipinski definition) is 0. The van der Waals surface area contributed by atoms with Crippen molar-refractivity contribution in [2.45, 2.75) is 13.5 Å². The zero-order valence-corrected chi connectivity index (χ0v) is 10.9. The van der Waals surface area contributed by atoms with Crippen molar-refractivity contribution in [2.75, 3.05) is 0 Å². The Morgan fingerprint density at radius 2 is 2.25 bits per heavy atom. The van der Waals surface area contributed by atoms with Gasteiger partial charge in [-0.3, -0.25) is 0 Å². The number of rotatable bonds is 3. The molecule has 0 saturated carbocycles. The van der Waals surface area contributed by atoms with Crippen LogP contribution in [0.4, 0.5) is 0 Å². The second-order valence-corrected chi connectivity index (χ2v) is 4.57. The summed E-state index contributed by atoms with van der Waals surface area (Å²) in [6.07, 6.45) is 3.68. The van der Waals surface area contributed by atoms with Crippen molar-refractivity contribution >= 4 is 15.9 Å². The Morgan fingerprint density at radius 1 is 1.44 bits per heavy atom. The smallest absolute Gasteiger partial charge is 0.146 e. The predicted octanol–water partition coefficient (Wildman–Crippen LogP) is 3.07. The van der Waals surface area contributed by atoms with Gasteiger partial charge in [-0.25, -0.2) is 4.98 Å². The molecule has 0 spiro atoms. The molecular weight excluding hydrogens is 268 g/mol. The number of nitrogens with zero attached hydrogens (tertiary/aromatic N) is 2.